The highest BCUT2D eigenvalue weighted by molar-refractivity contribution is 7.98. The SMILES string of the molecule is CCCCc1nccc(-c2sc(C(C)(C)C)nc2-c2cccc(NS(=O)(=O)c3c(F)cccc3F)c2F)n1.CCCCc1nccc(C2SN(C(C)(C)C)C=C2c2cccc(NS(=O)(=O)c3c(F)cccc3F)c2F)n1.[HH].[HH]. The fourth-order valence-corrected chi connectivity index (χ4v) is 12.4. The molecule has 0 bridgehead atoms. The summed E-state index contributed by atoms with van der Waals surface area (Å²) in [5.74, 6) is -5.54. The Bertz CT molecular complexity index is 3490. The van der Waals surface area contributed by atoms with Crippen LogP contribution in [0.5, 0.6) is 0 Å². The second-order valence-electron chi connectivity index (χ2n) is 19.6. The number of anilines is 2. The first-order chi connectivity index (χ1) is 35.8. The number of sulfonamides is 2. The van der Waals surface area contributed by atoms with Gasteiger partial charge in [0.1, 0.15) is 34.9 Å². The number of aromatic nitrogens is 5. The minimum Gasteiger partial charge on any atom is -0.317 e. The molecule has 0 saturated carbocycles. The van der Waals surface area contributed by atoms with E-state index in [1.807, 2.05) is 61.5 Å². The molecule has 0 saturated heterocycles. The molecule has 7 aromatic rings. The van der Waals surface area contributed by atoms with Crippen molar-refractivity contribution in [3.8, 4) is 21.8 Å². The van der Waals surface area contributed by atoms with Crippen molar-refractivity contribution in [3.63, 3.8) is 0 Å². The van der Waals surface area contributed by atoms with Crippen LogP contribution in [0.15, 0.2) is 113 Å². The third-order valence-electron chi connectivity index (χ3n) is 11.6. The number of rotatable bonds is 16. The molecule has 3 aromatic heterocycles. The minimum atomic E-state index is -4.77. The first kappa shape index (κ1) is 57.3. The molecule has 1 aliphatic rings. The van der Waals surface area contributed by atoms with E-state index >= 15 is 8.78 Å². The molecule has 0 spiro atoms. The second-order valence-corrected chi connectivity index (χ2v) is 24.9. The largest absolute Gasteiger partial charge is 0.317 e. The number of unbranched alkanes of at least 4 members (excludes halogenated alkanes) is 2. The highest BCUT2D eigenvalue weighted by Crippen LogP contribution is 2.51. The van der Waals surface area contributed by atoms with Gasteiger partial charge in [-0.2, -0.15) is 0 Å². The number of nitrogens with one attached hydrogen (secondary N) is 2. The van der Waals surface area contributed by atoms with Crippen molar-refractivity contribution < 1.29 is 46.0 Å². The summed E-state index contributed by atoms with van der Waals surface area (Å²) < 4.78 is 146. The highest BCUT2D eigenvalue weighted by Gasteiger charge is 2.37. The normalized spacial score (nSPS) is 14.1. The van der Waals surface area contributed by atoms with Gasteiger partial charge in [0.2, 0.25) is 0 Å². The predicted octanol–water partition coefficient (Wildman–Crippen LogP) is 14.5. The van der Waals surface area contributed by atoms with Crippen LogP contribution in [0.2, 0.25) is 0 Å². The summed E-state index contributed by atoms with van der Waals surface area (Å²) in [5.41, 5.74) is 0.779. The predicted molar refractivity (Wildman–Crippen MR) is 291 cm³/mol. The van der Waals surface area contributed by atoms with Crippen molar-refractivity contribution in [2.45, 2.75) is 120 Å². The summed E-state index contributed by atoms with van der Waals surface area (Å²) in [4.78, 5) is 21.1. The van der Waals surface area contributed by atoms with Crippen molar-refractivity contribution in [2.75, 3.05) is 9.44 Å². The van der Waals surface area contributed by atoms with E-state index in [0.717, 1.165) is 73.5 Å². The molecule has 22 heteroatoms. The Morgan fingerprint density at radius 1 is 0.618 bits per heavy atom. The molecule has 2 N–H and O–H groups in total. The first-order valence-electron chi connectivity index (χ1n) is 24.2. The van der Waals surface area contributed by atoms with Gasteiger partial charge in [0.15, 0.2) is 21.4 Å². The Balaban J connectivity index is 0.000000280. The maximum atomic E-state index is 15.9. The fraction of sp³-hybridized carbons (Fsp3) is 0.315. The summed E-state index contributed by atoms with van der Waals surface area (Å²) in [6, 6.07) is 17.2. The van der Waals surface area contributed by atoms with Gasteiger partial charge in [0, 0.05) is 56.4 Å². The average Bonchev–Trinajstić information content (AvgIpc) is 4.10. The molecule has 0 radical (unpaired) electrons. The van der Waals surface area contributed by atoms with Gasteiger partial charge in [-0.05, 0) is 106 Å². The van der Waals surface area contributed by atoms with Crippen molar-refractivity contribution in [1.29, 1.82) is 0 Å². The molecule has 8 rings (SSSR count). The molecule has 4 heterocycles. The van der Waals surface area contributed by atoms with Gasteiger partial charge >= 0.3 is 0 Å². The third kappa shape index (κ3) is 13.1. The topological polar surface area (TPSA) is 160 Å². The minimum absolute atomic E-state index is 0. The number of thiazole rings is 1. The molecule has 4 aromatic carbocycles. The van der Waals surface area contributed by atoms with Gasteiger partial charge in [-0.1, -0.05) is 77.8 Å². The average molecular weight is 1130 g/mol. The van der Waals surface area contributed by atoms with E-state index in [9.17, 15) is 34.4 Å². The number of benzene rings is 4. The molecule has 1 aliphatic heterocycles. The Morgan fingerprint density at radius 3 is 1.59 bits per heavy atom. The molecule has 406 valence electrons. The van der Waals surface area contributed by atoms with Crippen molar-refractivity contribution >= 4 is 60.3 Å². The quantitative estimate of drug-likeness (QED) is 0.0700. The van der Waals surface area contributed by atoms with E-state index in [0.29, 0.717) is 39.9 Å². The van der Waals surface area contributed by atoms with Gasteiger partial charge < -0.3 is 4.31 Å². The molecule has 0 fully saturated rings. The number of aryl methyl sites for hydroxylation is 2. The van der Waals surface area contributed by atoms with Crippen LogP contribution in [0.3, 0.4) is 0 Å². The summed E-state index contributed by atoms with van der Waals surface area (Å²) >= 11 is 2.85. The zero-order chi connectivity index (χ0) is 55.3. The van der Waals surface area contributed by atoms with Crippen LogP contribution in [0.25, 0.3) is 27.4 Å². The molecular formula is C54H60F6N8O4S4. The molecular weight excluding hydrogens is 1070 g/mol. The van der Waals surface area contributed by atoms with Gasteiger partial charge in [-0.3, -0.25) is 9.44 Å². The monoisotopic (exact) mass is 1130 g/mol. The molecule has 12 nitrogen and oxygen atoms in total. The molecule has 1 unspecified atom stereocenters. The standard InChI is InChI=1S/C27H29F3N4O2S2.C27H27F3N4O2S2.2H2/c1-5-6-13-23-31-15-14-22(32-23)25-18(16-34(37-25)27(2,3)4)17-9-7-12-21(24(17)30)33-38(35,36)26-19(28)10-8-11-20(26)29;1-5-6-13-21-31-15-14-20(32-21)24-23(33-26(37-24)27(2,3)4)16-9-7-12-19(22(16)30)34-38(35,36)25-17(28)10-8-11-18(25)29;;/h7-12,14-16,25,33H,5-6,13H2,1-4H3;7-12,14-15,34H,5-6,13H2,1-4H3;2*1H. The Kier molecular flexibility index (Phi) is 17.7. The van der Waals surface area contributed by atoms with Crippen molar-refractivity contribution in [3.05, 3.63) is 166 Å². The van der Waals surface area contributed by atoms with Crippen LogP contribution in [0.4, 0.5) is 37.7 Å². The Morgan fingerprint density at radius 2 is 1.09 bits per heavy atom. The zero-order valence-corrected chi connectivity index (χ0v) is 46.1. The van der Waals surface area contributed by atoms with Crippen LogP contribution in [-0.2, 0) is 38.3 Å². The lowest BCUT2D eigenvalue weighted by molar-refractivity contribution is 0.353. The van der Waals surface area contributed by atoms with Gasteiger partial charge in [0.05, 0.1) is 43.6 Å². The van der Waals surface area contributed by atoms with E-state index in [1.54, 1.807) is 30.6 Å². The number of hydrogen-bond acceptors (Lipinski definition) is 12. The van der Waals surface area contributed by atoms with Gasteiger partial charge in [0.25, 0.3) is 20.0 Å². The van der Waals surface area contributed by atoms with Gasteiger partial charge in [-0.25, -0.2) is 68.1 Å². The van der Waals surface area contributed by atoms with Crippen LogP contribution in [-0.4, -0.2) is 51.6 Å². The molecule has 0 amide bonds. The van der Waals surface area contributed by atoms with Crippen LogP contribution < -0.4 is 9.44 Å². The fourth-order valence-electron chi connectivity index (χ4n) is 7.66. The maximum Gasteiger partial charge on any atom is 0.267 e. The molecule has 76 heavy (non-hydrogen) atoms. The Hall–Kier alpha value is -6.36. The molecule has 0 aliphatic carbocycles. The smallest absolute Gasteiger partial charge is 0.267 e. The van der Waals surface area contributed by atoms with Crippen LogP contribution >= 0.6 is 23.3 Å². The lowest BCUT2D eigenvalue weighted by atomic mass is 9.98. The van der Waals surface area contributed by atoms with Crippen molar-refractivity contribution in [1.82, 2.24) is 29.2 Å². The van der Waals surface area contributed by atoms with E-state index < -0.39 is 76.1 Å². The molecule has 1 atom stereocenters. The van der Waals surface area contributed by atoms with Crippen molar-refractivity contribution in [2.24, 2.45) is 0 Å². The third-order valence-corrected chi connectivity index (χ3v) is 17.5. The van der Waals surface area contributed by atoms with Gasteiger partial charge in [-0.15, -0.1) is 11.3 Å². The summed E-state index contributed by atoms with van der Waals surface area (Å²) in [6.45, 7) is 16.2. The summed E-state index contributed by atoms with van der Waals surface area (Å²) in [5, 5.41) is 0.345. The highest BCUT2D eigenvalue weighted by atomic mass is 32.2. The summed E-state index contributed by atoms with van der Waals surface area (Å²) in [7, 11) is -9.52. The Labute approximate surface area is 450 Å². The van der Waals surface area contributed by atoms with E-state index in [1.165, 1.54) is 53.6 Å². The lowest BCUT2D eigenvalue weighted by Crippen LogP contribution is -2.30. The van der Waals surface area contributed by atoms with Crippen LogP contribution in [0, 0.1) is 34.9 Å². The second kappa shape index (κ2) is 23.5. The van der Waals surface area contributed by atoms with Crippen LogP contribution in [0.1, 0.15) is 117 Å². The zero-order valence-electron chi connectivity index (χ0n) is 42.9. The first-order valence-corrected chi connectivity index (χ1v) is 28.8. The number of halogens is 6. The van der Waals surface area contributed by atoms with E-state index in [2.05, 4.69) is 28.8 Å². The van der Waals surface area contributed by atoms with E-state index in [4.69, 9.17) is 9.97 Å². The maximum absolute atomic E-state index is 15.9. The number of nitrogens with zero attached hydrogens (tertiary/aromatic N) is 6. The summed E-state index contributed by atoms with van der Waals surface area (Å²) in [6.07, 6.45) is 10.4. The van der Waals surface area contributed by atoms with E-state index in [-0.39, 0.29) is 35.9 Å². The lowest BCUT2D eigenvalue weighted by Gasteiger charge is -2.31. The number of hydrogen-bond donors (Lipinski definition) is 2.